The van der Waals surface area contributed by atoms with Gasteiger partial charge in [-0.3, -0.25) is 13.8 Å². The van der Waals surface area contributed by atoms with Gasteiger partial charge in [0, 0.05) is 18.4 Å². The zero-order chi connectivity index (χ0) is 25.8. The Kier molecular flexibility index (Phi) is 6.93. The average Bonchev–Trinajstić information content (AvgIpc) is 3.33. The summed E-state index contributed by atoms with van der Waals surface area (Å²) in [7, 11) is 0. The number of benzene rings is 2. The van der Waals surface area contributed by atoms with Crippen LogP contribution in [0.25, 0.3) is 0 Å². The minimum Gasteiger partial charge on any atom is -0.436 e. The maximum absolute atomic E-state index is 13.8. The molecule has 0 unspecified atom stereocenters. The highest BCUT2D eigenvalue weighted by Gasteiger charge is 2.27. The zero-order valence-electron chi connectivity index (χ0n) is 19.6. The van der Waals surface area contributed by atoms with Gasteiger partial charge in [-0.25, -0.2) is 13.8 Å². The van der Waals surface area contributed by atoms with E-state index in [0.717, 1.165) is 5.56 Å². The normalized spacial score (nSPS) is 12.2. The molecule has 2 N–H and O–H groups in total. The third kappa shape index (κ3) is 5.35. The number of hydrogen-bond acceptors (Lipinski definition) is 7. The first-order chi connectivity index (χ1) is 18.0. The van der Waals surface area contributed by atoms with Gasteiger partial charge in [0.05, 0.1) is 19.9 Å². The van der Waals surface area contributed by atoms with E-state index in [1.807, 2.05) is 0 Å². The molecular weight excluding hydrogens is 485 g/mol. The van der Waals surface area contributed by atoms with E-state index in [9.17, 15) is 18.0 Å². The molecule has 0 spiro atoms. The average molecular weight is 509 g/mol. The van der Waals surface area contributed by atoms with Crippen molar-refractivity contribution in [3.63, 3.8) is 0 Å². The van der Waals surface area contributed by atoms with E-state index in [2.05, 4.69) is 20.6 Å². The summed E-state index contributed by atoms with van der Waals surface area (Å²) in [5.74, 6) is 0.103. The van der Waals surface area contributed by atoms with E-state index in [1.54, 1.807) is 45.9 Å². The van der Waals surface area contributed by atoms with Crippen molar-refractivity contribution in [1.29, 1.82) is 0 Å². The molecular formula is C26H23F3N6O2. The molecule has 0 saturated carbocycles. The third-order valence-electron chi connectivity index (χ3n) is 5.78. The summed E-state index contributed by atoms with van der Waals surface area (Å²) in [6, 6.07) is 15.4. The molecule has 8 nitrogen and oxygen atoms in total. The van der Waals surface area contributed by atoms with Gasteiger partial charge in [-0.05, 0) is 60.5 Å². The van der Waals surface area contributed by atoms with E-state index < -0.39 is 18.1 Å². The van der Waals surface area contributed by atoms with Crippen LogP contribution in [0.3, 0.4) is 0 Å². The molecule has 0 atom stereocenters. The quantitative estimate of drug-likeness (QED) is 0.327. The number of nitrogens with zero attached hydrogens (tertiary/aromatic N) is 4. The molecule has 2 aromatic heterocycles. The second-order valence-corrected chi connectivity index (χ2v) is 8.33. The van der Waals surface area contributed by atoms with Gasteiger partial charge in [0.15, 0.2) is 5.82 Å². The summed E-state index contributed by atoms with van der Waals surface area (Å²) < 4.78 is 47.4. The van der Waals surface area contributed by atoms with Crippen LogP contribution in [0.2, 0.25) is 0 Å². The predicted octanol–water partition coefficient (Wildman–Crippen LogP) is 5.05. The summed E-state index contributed by atoms with van der Waals surface area (Å²) in [6.45, 7) is 0.516. The van der Waals surface area contributed by atoms with Crippen molar-refractivity contribution in [3.8, 4) is 11.6 Å². The van der Waals surface area contributed by atoms with Gasteiger partial charge in [0.25, 0.3) is 11.4 Å². The number of anilines is 4. The fourth-order valence-corrected chi connectivity index (χ4v) is 4.01. The Balaban J connectivity index is 1.45. The molecule has 190 valence electrons. The number of pyridine rings is 1. The highest BCUT2D eigenvalue weighted by atomic mass is 19.1. The Morgan fingerprint density at radius 2 is 1.84 bits per heavy atom. The summed E-state index contributed by atoms with van der Waals surface area (Å²) >= 11 is 0. The Morgan fingerprint density at radius 3 is 2.57 bits per heavy atom. The van der Waals surface area contributed by atoms with Gasteiger partial charge in [-0.15, -0.1) is 0 Å². The fraction of sp³-hybridized carbons (Fsp3) is 0.192. The lowest BCUT2D eigenvalue weighted by molar-refractivity contribution is 0.423. The third-order valence-corrected chi connectivity index (χ3v) is 5.78. The van der Waals surface area contributed by atoms with Crippen molar-refractivity contribution >= 4 is 23.1 Å². The van der Waals surface area contributed by atoms with Crippen LogP contribution in [0.4, 0.5) is 36.3 Å². The Morgan fingerprint density at radius 1 is 1.05 bits per heavy atom. The lowest BCUT2D eigenvalue weighted by Gasteiger charge is -2.20. The summed E-state index contributed by atoms with van der Waals surface area (Å²) in [5, 5.41) is 6.37. The maximum atomic E-state index is 13.8. The van der Waals surface area contributed by atoms with Crippen LogP contribution in [0.5, 0.6) is 11.6 Å². The first kappa shape index (κ1) is 24.2. The zero-order valence-corrected chi connectivity index (χ0v) is 19.6. The molecule has 0 aliphatic carbocycles. The molecule has 0 fully saturated rings. The van der Waals surface area contributed by atoms with Crippen molar-refractivity contribution in [2.45, 2.75) is 13.0 Å². The van der Waals surface area contributed by atoms with Crippen molar-refractivity contribution in [3.05, 3.63) is 94.4 Å². The standard InChI is InChI=1S/C26H23F3N6O2/c27-12-2-14-34-16-31-23-22(34)24(36)33-26(35(23)15-17-4-6-18(28)7-5-17)32-19-8-10-20(11-9-19)37-25-21(29)3-1-13-30-25/h1,3-11,13,31H,2,12,14-16H2,(H,32,33,36). The molecule has 0 saturated heterocycles. The molecule has 11 heteroatoms. The monoisotopic (exact) mass is 508 g/mol. The van der Waals surface area contributed by atoms with E-state index in [0.29, 0.717) is 42.7 Å². The number of rotatable bonds is 9. The highest BCUT2D eigenvalue weighted by Crippen LogP contribution is 2.32. The smallest absolute Gasteiger partial charge is 0.300 e. The second-order valence-electron chi connectivity index (χ2n) is 8.33. The molecule has 37 heavy (non-hydrogen) atoms. The van der Waals surface area contributed by atoms with E-state index in [-0.39, 0.29) is 24.1 Å². The molecule has 1 aliphatic heterocycles. The van der Waals surface area contributed by atoms with Crippen molar-refractivity contribution in [2.24, 2.45) is 0 Å². The van der Waals surface area contributed by atoms with Crippen LogP contribution in [-0.4, -0.2) is 34.4 Å². The molecule has 4 aromatic rings. The summed E-state index contributed by atoms with van der Waals surface area (Å²) in [5.41, 5.74) is 1.30. The van der Waals surface area contributed by atoms with Gasteiger partial charge in [-0.1, -0.05) is 12.1 Å². The molecule has 0 amide bonds. The van der Waals surface area contributed by atoms with Crippen molar-refractivity contribution in [1.82, 2.24) is 14.5 Å². The van der Waals surface area contributed by atoms with Crippen LogP contribution in [0.1, 0.15) is 12.0 Å². The Bertz CT molecular complexity index is 1440. The van der Waals surface area contributed by atoms with Gasteiger partial charge in [-0.2, -0.15) is 4.98 Å². The number of nitrogens with one attached hydrogen (secondary N) is 2. The first-order valence-corrected chi connectivity index (χ1v) is 11.6. The van der Waals surface area contributed by atoms with Crippen LogP contribution >= 0.6 is 0 Å². The number of hydrogen-bond donors (Lipinski definition) is 2. The minimum absolute atomic E-state index is 0.139. The molecule has 1 aliphatic rings. The predicted molar refractivity (Wildman–Crippen MR) is 134 cm³/mol. The topological polar surface area (TPSA) is 84.3 Å². The van der Waals surface area contributed by atoms with Gasteiger partial charge < -0.3 is 20.3 Å². The highest BCUT2D eigenvalue weighted by molar-refractivity contribution is 5.73. The lowest BCUT2D eigenvalue weighted by atomic mass is 10.2. The number of alkyl halides is 1. The van der Waals surface area contributed by atoms with Gasteiger partial charge in [0.1, 0.15) is 23.1 Å². The van der Waals surface area contributed by atoms with E-state index in [4.69, 9.17) is 4.74 Å². The molecule has 2 aromatic carbocycles. The fourth-order valence-electron chi connectivity index (χ4n) is 4.01. The molecule has 0 radical (unpaired) electrons. The maximum Gasteiger partial charge on any atom is 0.300 e. The van der Waals surface area contributed by atoms with Crippen LogP contribution < -0.4 is 25.8 Å². The van der Waals surface area contributed by atoms with E-state index >= 15 is 0 Å². The Labute approximate surface area is 210 Å². The number of fused-ring (bicyclic) bond motifs is 1. The lowest BCUT2D eigenvalue weighted by Crippen LogP contribution is -2.29. The SMILES string of the molecule is O=c1nc(Nc2ccc(Oc3ncccc3F)cc2)n(Cc2ccc(F)cc2)c2c1N(CCCF)CN2. The molecule has 5 rings (SSSR count). The number of ether oxygens (including phenoxy) is 1. The van der Waals surface area contributed by atoms with E-state index in [1.165, 1.54) is 30.5 Å². The molecule has 0 bridgehead atoms. The number of halogens is 3. The van der Waals surface area contributed by atoms with Crippen molar-refractivity contribution in [2.75, 3.05) is 35.4 Å². The summed E-state index contributed by atoms with van der Waals surface area (Å²) in [6.07, 6.45) is 1.72. The molecule has 3 heterocycles. The van der Waals surface area contributed by atoms with Crippen LogP contribution in [0.15, 0.2) is 71.7 Å². The minimum atomic E-state index is -0.579. The van der Waals surface area contributed by atoms with Gasteiger partial charge >= 0.3 is 0 Å². The second kappa shape index (κ2) is 10.6. The largest absolute Gasteiger partial charge is 0.436 e. The van der Waals surface area contributed by atoms with Gasteiger partial charge in [0.2, 0.25) is 5.95 Å². The van der Waals surface area contributed by atoms with Crippen molar-refractivity contribution < 1.29 is 17.9 Å². The summed E-state index contributed by atoms with van der Waals surface area (Å²) in [4.78, 5) is 22.9. The van der Waals surface area contributed by atoms with Crippen LogP contribution in [0, 0.1) is 11.6 Å². The number of aromatic nitrogens is 3. The first-order valence-electron chi connectivity index (χ1n) is 11.6. The van der Waals surface area contributed by atoms with Crippen LogP contribution in [-0.2, 0) is 6.54 Å². The Hall–Kier alpha value is -4.54.